The molecule has 9 heteroatoms. The summed E-state index contributed by atoms with van der Waals surface area (Å²) in [6, 6.07) is 8.08. The molecule has 0 spiro atoms. The number of benzene rings is 2. The van der Waals surface area contributed by atoms with Crippen molar-refractivity contribution in [2.24, 2.45) is 0 Å². The molecule has 0 aliphatic heterocycles. The molecule has 27 heavy (non-hydrogen) atoms. The van der Waals surface area contributed by atoms with Gasteiger partial charge in [-0.15, -0.1) is 0 Å². The van der Waals surface area contributed by atoms with Crippen molar-refractivity contribution in [3.63, 3.8) is 0 Å². The molecule has 2 aromatic carbocycles. The van der Waals surface area contributed by atoms with E-state index in [4.69, 9.17) is 14.2 Å². The monoisotopic (exact) mass is 370 g/mol. The van der Waals surface area contributed by atoms with Crippen LogP contribution < -0.4 is 14.2 Å². The van der Waals surface area contributed by atoms with Crippen LogP contribution in [0.4, 0.5) is 5.69 Å². The number of fused-ring (bicyclic) bond motifs is 1. The number of phenols is 1. The lowest BCUT2D eigenvalue weighted by Crippen LogP contribution is -2.10. The number of methoxy groups -OCH3 is 2. The highest BCUT2D eigenvalue weighted by atomic mass is 16.6. The second-order valence-corrected chi connectivity index (χ2v) is 5.36. The second kappa shape index (κ2) is 7.16. The summed E-state index contributed by atoms with van der Waals surface area (Å²) < 4.78 is 15.8. The van der Waals surface area contributed by atoms with Crippen LogP contribution in [0.25, 0.3) is 10.8 Å². The van der Waals surface area contributed by atoms with Crippen molar-refractivity contribution in [3.8, 4) is 23.1 Å². The number of esters is 1. The molecule has 0 bridgehead atoms. The number of carbonyl (C=O) groups excluding carboxylic acids is 1. The summed E-state index contributed by atoms with van der Waals surface area (Å²) in [5.41, 5.74) is -0.0741. The normalized spacial score (nSPS) is 10.4. The maximum absolute atomic E-state index is 12.4. The SMILES string of the molecule is COc1cc([N+](=O)[O-])c2ccnc(OC(=O)c3ccc(O)cc3)c2c1OC. The molecule has 0 saturated heterocycles. The molecule has 9 nitrogen and oxygen atoms in total. The van der Waals surface area contributed by atoms with Gasteiger partial charge in [0, 0.05) is 6.20 Å². The average Bonchev–Trinajstić information content (AvgIpc) is 2.67. The first kappa shape index (κ1) is 17.9. The van der Waals surface area contributed by atoms with Crippen molar-refractivity contribution >= 4 is 22.4 Å². The van der Waals surface area contributed by atoms with Gasteiger partial charge in [-0.3, -0.25) is 10.1 Å². The predicted octanol–water partition coefficient (Wildman–Crippen LogP) is 3.09. The van der Waals surface area contributed by atoms with Gasteiger partial charge in [-0.2, -0.15) is 0 Å². The Morgan fingerprint density at radius 3 is 2.44 bits per heavy atom. The number of hydrogen-bond donors (Lipinski definition) is 1. The van der Waals surface area contributed by atoms with E-state index in [-0.39, 0.29) is 45.2 Å². The van der Waals surface area contributed by atoms with Crippen molar-refractivity contribution in [1.29, 1.82) is 0 Å². The number of hydrogen-bond acceptors (Lipinski definition) is 8. The highest BCUT2D eigenvalue weighted by Crippen LogP contribution is 2.44. The van der Waals surface area contributed by atoms with E-state index in [1.165, 1.54) is 56.8 Å². The second-order valence-electron chi connectivity index (χ2n) is 5.36. The third kappa shape index (κ3) is 3.30. The van der Waals surface area contributed by atoms with Crippen molar-refractivity contribution in [3.05, 3.63) is 58.3 Å². The molecule has 0 saturated carbocycles. The van der Waals surface area contributed by atoms with Gasteiger partial charge in [0.2, 0.25) is 5.88 Å². The smallest absolute Gasteiger partial charge is 0.344 e. The minimum atomic E-state index is -0.748. The highest BCUT2D eigenvalue weighted by Gasteiger charge is 2.25. The Bertz CT molecular complexity index is 1030. The highest BCUT2D eigenvalue weighted by molar-refractivity contribution is 6.02. The van der Waals surface area contributed by atoms with Crippen LogP contribution in [-0.4, -0.2) is 35.2 Å². The zero-order valence-electron chi connectivity index (χ0n) is 14.3. The number of nitrogens with zero attached hydrogens (tertiary/aromatic N) is 2. The zero-order valence-corrected chi connectivity index (χ0v) is 14.3. The van der Waals surface area contributed by atoms with Crippen LogP contribution >= 0.6 is 0 Å². The van der Waals surface area contributed by atoms with Crippen LogP contribution in [-0.2, 0) is 0 Å². The standard InChI is InChI=1S/C18H14N2O7/c1-25-14-9-13(20(23)24)12-7-8-19-17(15(12)16(14)26-2)27-18(22)10-3-5-11(21)6-4-10/h3-9,21H,1-2H3. The van der Waals surface area contributed by atoms with Gasteiger partial charge in [-0.1, -0.05) is 0 Å². The number of phenolic OH excluding ortho intramolecular Hbond substituents is 1. The number of rotatable bonds is 5. The summed E-state index contributed by atoms with van der Waals surface area (Å²) in [5.74, 6) is -0.657. The lowest BCUT2D eigenvalue weighted by molar-refractivity contribution is -0.383. The third-order valence-corrected chi connectivity index (χ3v) is 3.82. The van der Waals surface area contributed by atoms with Crippen LogP contribution in [0.5, 0.6) is 23.1 Å². The van der Waals surface area contributed by atoms with Gasteiger partial charge in [0.15, 0.2) is 11.5 Å². The summed E-state index contributed by atoms with van der Waals surface area (Å²) in [7, 11) is 2.70. The number of aromatic hydroxyl groups is 1. The van der Waals surface area contributed by atoms with Crippen molar-refractivity contribution < 1.29 is 29.0 Å². The molecule has 1 N–H and O–H groups in total. The summed E-state index contributed by atoms with van der Waals surface area (Å²) in [6.07, 6.45) is 1.29. The number of ether oxygens (including phenoxy) is 3. The van der Waals surface area contributed by atoms with Crippen molar-refractivity contribution in [2.45, 2.75) is 0 Å². The number of non-ortho nitro benzene ring substituents is 1. The van der Waals surface area contributed by atoms with Crippen LogP contribution in [0, 0.1) is 10.1 Å². The number of nitro groups is 1. The molecule has 3 rings (SSSR count). The fourth-order valence-corrected chi connectivity index (χ4v) is 2.59. The van der Waals surface area contributed by atoms with E-state index in [9.17, 15) is 20.0 Å². The molecular weight excluding hydrogens is 356 g/mol. The zero-order chi connectivity index (χ0) is 19.6. The van der Waals surface area contributed by atoms with E-state index in [2.05, 4.69) is 4.98 Å². The van der Waals surface area contributed by atoms with Crippen LogP contribution in [0.2, 0.25) is 0 Å². The number of aromatic nitrogens is 1. The molecule has 0 amide bonds. The topological polar surface area (TPSA) is 121 Å². The minimum Gasteiger partial charge on any atom is -0.508 e. The largest absolute Gasteiger partial charge is 0.508 e. The van der Waals surface area contributed by atoms with Gasteiger partial charge in [-0.25, -0.2) is 9.78 Å². The van der Waals surface area contributed by atoms with Crippen LogP contribution in [0.15, 0.2) is 42.6 Å². The van der Waals surface area contributed by atoms with Crippen LogP contribution in [0.3, 0.4) is 0 Å². The molecule has 0 unspecified atom stereocenters. The van der Waals surface area contributed by atoms with Gasteiger partial charge in [0.05, 0.1) is 41.5 Å². The van der Waals surface area contributed by atoms with E-state index >= 15 is 0 Å². The first-order chi connectivity index (χ1) is 13.0. The summed E-state index contributed by atoms with van der Waals surface area (Å²) in [4.78, 5) is 27.3. The van der Waals surface area contributed by atoms with Crippen LogP contribution in [0.1, 0.15) is 10.4 Å². The molecule has 1 aromatic heterocycles. The Labute approximate surface area is 152 Å². The maximum atomic E-state index is 12.4. The molecule has 0 atom stereocenters. The van der Waals surface area contributed by atoms with E-state index in [1.807, 2.05) is 0 Å². The lowest BCUT2D eigenvalue weighted by Gasteiger charge is -2.13. The van der Waals surface area contributed by atoms with E-state index in [1.54, 1.807) is 0 Å². The summed E-state index contributed by atoms with van der Waals surface area (Å²) >= 11 is 0. The predicted molar refractivity (Wildman–Crippen MR) is 94.6 cm³/mol. The third-order valence-electron chi connectivity index (χ3n) is 3.82. The minimum absolute atomic E-state index is 0.00290. The molecule has 0 fully saturated rings. The number of carbonyl (C=O) groups is 1. The molecule has 0 aliphatic carbocycles. The first-order valence-electron chi connectivity index (χ1n) is 7.65. The van der Waals surface area contributed by atoms with Gasteiger partial charge < -0.3 is 19.3 Å². The van der Waals surface area contributed by atoms with E-state index < -0.39 is 10.9 Å². The van der Waals surface area contributed by atoms with Crippen molar-refractivity contribution in [1.82, 2.24) is 4.98 Å². The van der Waals surface area contributed by atoms with Crippen molar-refractivity contribution in [2.75, 3.05) is 14.2 Å². The fourth-order valence-electron chi connectivity index (χ4n) is 2.59. The van der Waals surface area contributed by atoms with Gasteiger partial charge >= 0.3 is 5.97 Å². The fraction of sp³-hybridized carbons (Fsp3) is 0.111. The maximum Gasteiger partial charge on any atom is 0.344 e. The summed E-state index contributed by atoms with van der Waals surface area (Å²) in [5, 5.41) is 21.1. The Hall–Kier alpha value is -3.88. The molecule has 0 radical (unpaired) electrons. The van der Waals surface area contributed by atoms with E-state index in [0.717, 1.165) is 0 Å². The van der Waals surface area contributed by atoms with Gasteiger partial charge in [0.1, 0.15) is 5.75 Å². The molecule has 3 aromatic rings. The first-order valence-corrected chi connectivity index (χ1v) is 7.65. The molecular formula is C18H14N2O7. The number of pyridine rings is 1. The quantitative estimate of drug-likeness (QED) is 0.413. The van der Waals surface area contributed by atoms with Gasteiger partial charge in [0.25, 0.3) is 5.69 Å². The Morgan fingerprint density at radius 2 is 1.85 bits per heavy atom. The number of nitro benzene ring substituents is 1. The molecule has 1 heterocycles. The Balaban J connectivity index is 2.18. The molecule has 0 aliphatic rings. The molecule has 138 valence electrons. The Kier molecular flexibility index (Phi) is 4.75. The summed E-state index contributed by atoms with van der Waals surface area (Å²) in [6.45, 7) is 0. The lowest BCUT2D eigenvalue weighted by atomic mass is 10.1. The van der Waals surface area contributed by atoms with Gasteiger partial charge in [-0.05, 0) is 30.3 Å². The van der Waals surface area contributed by atoms with E-state index in [0.29, 0.717) is 0 Å². The average molecular weight is 370 g/mol. The Morgan fingerprint density at radius 1 is 1.15 bits per heavy atom.